The van der Waals surface area contributed by atoms with Gasteiger partial charge in [0.15, 0.2) is 5.96 Å². The molecular weight excluding hydrogens is 346 g/mol. The second-order valence-electron chi connectivity index (χ2n) is 5.22. The molecule has 1 heterocycles. The normalized spacial score (nSPS) is 11.7. The summed E-state index contributed by atoms with van der Waals surface area (Å²) in [5, 5.41) is 6.56. The quantitative estimate of drug-likeness (QED) is 0.315. The summed E-state index contributed by atoms with van der Waals surface area (Å²) in [7, 11) is 0. The Labute approximate surface area is 154 Å². The van der Waals surface area contributed by atoms with Crippen molar-refractivity contribution in [1.29, 1.82) is 0 Å². The fraction of sp³-hybridized carbons (Fsp3) is 0.706. The molecule has 0 bridgehead atoms. The highest BCUT2D eigenvalue weighted by atomic mass is 35.5. The summed E-state index contributed by atoms with van der Waals surface area (Å²) in [6.45, 7) is 9.22. The van der Waals surface area contributed by atoms with Gasteiger partial charge in [0, 0.05) is 24.6 Å². The Bertz CT molecular complexity index is 455. The third-order valence-electron chi connectivity index (χ3n) is 3.16. The minimum atomic E-state index is 0.605. The Kier molecular flexibility index (Phi) is 12.8. The molecule has 0 spiro atoms. The van der Waals surface area contributed by atoms with Gasteiger partial charge in [-0.1, -0.05) is 24.9 Å². The molecular formula is C17H30ClN3O2S. The van der Waals surface area contributed by atoms with Gasteiger partial charge in [-0.25, -0.2) is 0 Å². The van der Waals surface area contributed by atoms with Gasteiger partial charge in [0.05, 0.1) is 30.7 Å². The number of nitrogens with zero attached hydrogens (tertiary/aromatic N) is 1. The summed E-state index contributed by atoms with van der Waals surface area (Å²) in [4.78, 5) is 5.78. The lowest BCUT2D eigenvalue weighted by molar-refractivity contribution is 0.0497. The zero-order valence-corrected chi connectivity index (χ0v) is 16.3. The Balaban J connectivity index is 2.10. The maximum Gasteiger partial charge on any atom is 0.191 e. The van der Waals surface area contributed by atoms with Crippen molar-refractivity contribution in [1.82, 2.24) is 10.6 Å². The minimum absolute atomic E-state index is 0.605. The molecule has 0 aromatic carbocycles. The number of nitrogens with one attached hydrogen (secondary N) is 2. The lowest BCUT2D eigenvalue weighted by Crippen LogP contribution is -2.38. The third-order valence-corrected chi connectivity index (χ3v) is 4.45. The molecule has 24 heavy (non-hydrogen) atoms. The summed E-state index contributed by atoms with van der Waals surface area (Å²) < 4.78 is 11.8. The zero-order valence-electron chi connectivity index (χ0n) is 14.8. The van der Waals surface area contributed by atoms with E-state index in [4.69, 9.17) is 21.1 Å². The van der Waals surface area contributed by atoms with Crippen molar-refractivity contribution in [2.45, 2.75) is 33.1 Å². The van der Waals surface area contributed by atoms with Crippen molar-refractivity contribution < 1.29 is 9.47 Å². The summed E-state index contributed by atoms with van der Waals surface area (Å²) in [6.07, 6.45) is 3.21. The summed E-state index contributed by atoms with van der Waals surface area (Å²) in [5.41, 5.74) is 0. The molecule has 0 unspecified atom stereocenters. The molecule has 0 fully saturated rings. The van der Waals surface area contributed by atoms with Crippen molar-refractivity contribution >= 4 is 28.9 Å². The molecule has 5 nitrogen and oxygen atoms in total. The first kappa shape index (κ1) is 21.2. The number of hydrogen-bond donors (Lipinski definition) is 2. The van der Waals surface area contributed by atoms with Crippen LogP contribution in [-0.2, 0) is 15.9 Å². The molecule has 1 rings (SSSR count). The van der Waals surface area contributed by atoms with E-state index in [1.165, 1.54) is 4.88 Å². The molecule has 0 aliphatic rings. The van der Waals surface area contributed by atoms with Gasteiger partial charge in [0.25, 0.3) is 0 Å². The fourth-order valence-corrected chi connectivity index (χ4v) is 3.01. The van der Waals surface area contributed by atoms with Crippen molar-refractivity contribution in [3.63, 3.8) is 0 Å². The average Bonchev–Trinajstić information content (AvgIpc) is 2.98. The molecule has 7 heteroatoms. The maximum atomic E-state index is 5.94. The predicted molar refractivity (Wildman–Crippen MR) is 104 cm³/mol. The zero-order chi connectivity index (χ0) is 17.5. The molecule has 1 aromatic rings. The molecule has 0 aliphatic carbocycles. The standard InChI is InChI=1S/C17H30ClN3O2S/c1-3-5-11-22-13-14-23-12-10-21-17(19-4-2)20-9-8-15-6-7-16(18)24-15/h6-7H,3-5,8-14H2,1-2H3,(H2,19,20,21). The first-order valence-corrected chi connectivity index (χ1v) is 9.87. The highest BCUT2D eigenvalue weighted by Crippen LogP contribution is 2.21. The number of unbranched alkanes of at least 4 members (excludes halogenated alkanes) is 1. The predicted octanol–water partition coefficient (Wildman–Crippen LogP) is 3.33. The van der Waals surface area contributed by atoms with Gasteiger partial charge in [-0.2, -0.15) is 0 Å². The van der Waals surface area contributed by atoms with Gasteiger partial charge in [-0.15, -0.1) is 11.3 Å². The minimum Gasteiger partial charge on any atom is -0.379 e. The molecule has 0 saturated carbocycles. The third kappa shape index (κ3) is 10.9. The van der Waals surface area contributed by atoms with E-state index in [0.29, 0.717) is 26.4 Å². The molecule has 0 atom stereocenters. The molecule has 0 amide bonds. The van der Waals surface area contributed by atoms with E-state index in [1.54, 1.807) is 11.3 Å². The highest BCUT2D eigenvalue weighted by Gasteiger charge is 2.00. The summed E-state index contributed by atoms with van der Waals surface area (Å²) >= 11 is 7.56. The van der Waals surface area contributed by atoms with Gasteiger partial charge in [-0.05, 0) is 31.9 Å². The van der Waals surface area contributed by atoms with Crippen LogP contribution in [0.2, 0.25) is 4.34 Å². The van der Waals surface area contributed by atoms with Crippen LogP contribution in [0.25, 0.3) is 0 Å². The number of aliphatic imine (C=N–C) groups is 1. The molecule has 0 aliphatic heterocycles. The number of thiophene rings is 1. The van der Waals surface area contributed by atoms with Crippen LogP contribution in [0, 0.1) is 0 Å². The van der Waals surface area contributed by atoms with E-state index in [2.05, 4.69) is 35.5 Å². The van der Waals surface area contributed by atoms with Crippen LogP contribution in [0.5, 0.6) is 0 Å². The van der Waals surface area contributed by atoms with Gasteiger partial charge in [0.2, 0.25) is 0 Å². The van der Waals surface area contributed by atoms with Gasteiger partial charge >= 0.3 is 0 Å². The van der Waals surface area contributed by atoms with Crippen LogP contribution in [0.3, 0.4) is 0 Å². The summed E-state index contributed by atoms with van der Waals surface area (Å²) in [6, 6.07) is 4.00. The number of halogens is 1. The Hall–Kier alpha value is -0.820. The lowest BCUT2D eigenvalue weighted by Gasteiger charge is -2.11. The van der Waals surface area contributed by atoms with Crippen molar-refractivity contribution in [2.24, 2.45) is 4.99 Å². The number of hydrogen-bond acceptors (Lipinski definition) is 4. The Morgan fingerprint density at radius 1 is 1.12 bits per heavy atom. The lowest BCUT2D eigenvalue weighted by atomic mass is 10.3. The van der Waals surface area contributed by atoms with Gasteiger partial charge in [0.1, 0.15) is 0 Å². The summed E-state index contributed by atoms with van der Waals surface area (Å²) in [5.74, 6) is 0.822. The van der Waals surface area contributed by atoms with E-state index < -0.39 is 0 Å². The first-order chi connectivity index (χ1) is 11.8. The maximum absolute atomic E-state index is 5.94. The topological polar surface area (TPSA) is 54.9 Å². The monoisotopic (exact) mass is 375 g/mol. The largest absolute Gasteiger partial charge is 0.379 e. The van der Waals surface area contributed by atoms with Crippen LogP contribution in [0.15, 0.2) is 17.1 Å². The van der Waals surface area contributed by atoms with Crippen LogP contribution < -0.4 is 10.6 Å². The fourth-order valence-electron chi connectivity index (χ4n) is 1.92. The van der Waals surface area contributed by atoms with Crippen molar-refractivity contribution in [3.8, 4) is 0 Å². The Morgan fingerprint density at radius 2 is 1.92 bits per heavy atom. The highest BCUT2D eigenvalue weighted by molar-refractivity contribution is 7.16. The Morgan fingerprint density at radius 3 is 2.58 bits per heavy atom. The molecule has 0 radical (unpaired) electrons. The van der Waals surface area contributed by atoms with Crippen LogP contribution in [0.4, 0.5) is 0 Å². The van der Waals surface area contributed by atoms with Crippen molar-refractivity contribution in [3.05, 3.63) is 21.3 Å². The van der Waals surface area contributed by atoms with E-state index >= 15 is 0 Å². The van der Waals surface area contributed by atoms with Crippen LogP contribution in [-0.4, -0.2) is 52.0 Å². The molecule has 2 N–H and O–H groups in total. The average molecular weight is 376 g/mol. The SMILES string of the molecule is CCCCOCCOCCN=C(NCC)NCCc1ccc(Cl)s1. The van der Waals surface area contributed by atoms with E-state index in [1.807, 2.05) is 6.07 Å². The van der Waals surface area contributed by atoms with Crippen LogP contribution >= 0.6 is 22.9 Å². The number of ether oxygens (including phenoxy) is 2. The van der Waals surface area contributed by atoms with Gasteiger partial charge in [-0.3, -0.25) is 4.99 Å². The number of rotatable bonds is 13. The molecule has 138 valence electrons. The number of guanidine groups is 1. The second-order valence-corrected chi connectivity index (χ2v) is 7.02. The van der Waals surface area contributed by atoms with Crippen molar-refractivity contribution in [2.75, 3.05) is 46.1 Å². The van der Waals surface area contributed by atoms with E-state index in [9.17, 15) is 0 Å². The first-order valence-electron chi connectivity index (χ1n) is 8.68. The van der Waals surface area contributed by atoms with Crippen LogP contribution in [0.1, 0.15) is 31.6 Å². The smallest absolute Gasteiger partial charge is 0.191 e. The van der Waals surface area contributed by atoms with Gasteiger partial charge < -0.3 is 20.1 Å². The second kappa shape index (κ2) is 14.5. The molecule has 0 saturated heterocycles. The molecule has 1 aromatic heterocycles. The van der Waals surface area contributed by atoms with E-state index in [0.717, 1.165) is 49.3 Å². The van der Waals surface area contributed by atoms with E-state index in [-0.39, 0.29) is 0 Å².